The number of rotatable bonds is 12. The van der Waals surface area contributed by atoms with E-state index in [1.165, 1.54) is 0 Å². The van der Waals surface area contributed by atoms with E-state index in [2.05, 4.69) is 4.57 Å². The van der Waals surface area contributed by atoms with E-state index in [9.17, 15) is 5.21 Å². The summed E-state index contributed by atoms with van der Waals surface area (Å²) in [5, 5.41) is 12.9. The largest absolute Gasteiger partial charge is 0.618 e. The highest BCUT2D eigenvalue weighted by Crippen LogP contribution is 2.43. The van der Waals surface area contributed by atoms with Gasteiger partial charge in [-0.05, 0) is 37.1 Å². The predicted octanol–water partition coefficient (Wildman–Crippen LogP) is 4.99. The Balaban J connectivity index is 1.17. The van der Waals surface area contributed by atoms with Crippen LogP contribution in [-0.2, 0) is 11.3 Å². The van der Waals surface area contributed by atoms with Crippen molar-refractivity contribution in [2.75, 3.05) is 47.4 Å². The second kappa shape index (κ2) is 13.0. The van der Waals surface area contributed by atoms with Gasteiger partial charge in [0.2, 0.25) is 12.0 Å². The average molecular weight is 580 g/mol. The summed E-state index contributed by atoms with van der Waals surface area (Å²) in [4.78, 5) is 0. The summed E-state index contributed by atoms with van der Waals surface area (Å²) in [5.41, 5.74) is 8.15. The molecule has 2 aromatic carbocycles. The van der Waals surface area contributed by atoms with E-state index < -0.39 is 0 Å². The van der Waals surface area contributed by atoms with Crippen molar-refractivity contribution in [1.82, 2.24) is 4.57 Å². The molecule has 3 aromatic rings. The van der Waals surface area contributed by atoms with Crippen LogP contribution in [0.15, 0.2) is 54.4 Å². The molecule has 0 bridgehead atoms. The number of benzene rings is 2. The van der Waals surface area contributed by atoms with Crippen molar-refractivity contribution >= 4 is 11.9 Å². The third-order valence-corrected chi connectivity index (χ3v) is 7.45. The molecular weight excluding hydrogens is 542 g/mol. The van der Waals surface area contributed by atoms with Gasteiger partial charge in [0.15, 0.2) is 22.9 Å². The highest BCUT2D eigenvalue weighted by atomic mass is 16.5. The molecule has 5 rings (SSSR count). The first-order valence-corrected chi connectivity index (χ1v) is 13.8. The van der Waals surface area contributed by atoms with Gasteiger partial charge in [0.1, 0.15) is 22.9 Å². The van der Waals surface area contributed by atoms with Crippen molar-refractivity contribution in [1.29, 1.82) is 0 Å². The zero-order valence-corrected chi connectivity index (χ0v) is 24.3. The Hall–Kier alpha value is -4.51. The van der Waals surface area contributed by atoms with Crippen LogP contribution < -0.4 is 34.2 Å². The first-order chi connectivity index (χ1) is 20.4. The molecule has 11 heteroatoms. The van der Waals surface area contributed by atoms with E-state index in [1.54, 1.807) is 65.0 Å². The van der Waals surface area contributed by atoms with Crippen LogP contribution in [0.3, 0.4) is 0 Å². The van der Waals surface area contributed by atoms with Crippen LogP contribution in [0.2, 0.25) is 0 Å². The quantitative estimate of drug-likeness (QED) is 0.137. The first-order valence-electron chi connectivity index (χ1n) is 13.8. The molecule has 42 heavy (non-hydrogen) atoms. The summed E-state index contributed by atoms with van der Waals surface area (Å²) in [5.74, 6) is 3.58. The maximum Gasteiger partial charge on any atom is 0.208 e. The smallest absolute Gasteiger partial charge is 0.208 e. The van der Waals surface area contributed by atoms with Gasteiger partial charge in [0, 0.05) is 37.4 Å². The number of nitrogen functional groups attached to an aromatic ring is 1. The molecule has 224 valence electrons. The van der Waals surface area contributed by atoms with Crippen LogP contribution in [-0.4, -0.2) is 63.3 Å². The molecule has 0 saturated heterocycles. The predicted molar refractivity (Wildman–Crippen MR) is 157 cm³/mol. The van der Waals surface area contributed by atoms with E-state index in [0.29, 0.717) is 72.1 Å². The summed E-state index contributed by atoms with van der Waals surface area (Å²) in [7, 11) is 6.24. The number of ether oxygens (including phenoxy) is 7. The maximum absolute atomic E-state index is 12.9. The number of allylic oxidation sites excluding steroid dienone is 1. The highest BCUT2D eigenvalue weighted by molar-refractivity contribution is 5.78. The minimum atomic E-state index is -0.0656. The number of aromatic nitrogens is 1. The molecule has 1 unspecified atom stereocenters. The third-order valence-electron chi connectivity index (χ3n) is 7.45. The Morgan fingerprint density at radius 3 is 2.36 bits per heavy atom. The van der Waals surface area contributed by atoms with Crippen LogP contribution >= 0.6 is 0 Å². The molecular formula is C31H37N3O8. The zero-order chi connectivity index (χ0) is 29.6. The number of nitrogens with two attached hydrogens (primary N) is 1. The van der Waals surface area contributed by atoms with Gasteiger partial charge in [0.25, 0.3) is 0 Å². The van der Waals surface area contributed by atoms with Crippen LogP contribution in [0.4, 0.5) is 5.69 Å². The zero-order valence-electron chi connectivity index (χ0n) is 24.3. The molecule has 0 spiro atoms. The van der Waals surface area contributed by atoms with E-state index in [4.69, 9.17) is 38.9 Å². The van der Waals surface area contributed by atoms with Crippen LogP contribution in [0.5, 0.6) is 40.2 Å². The Kier molecular flexibility index (Phi) is 8.97. The minimum Gasteiger partial charge on any atom is -0.618 e. The fraction of sp³-hybridized carbons (Fsp3) is 0.387. The number of methoxy groups -OCH3 is 4. The first kappa shape index (κ1) is 29.0. The van der Waals surface area contributed by atoms with Crippen molar-refractivity contribution in [2.45, 2.75) is 31.9 Å². The van der Waals surface area contributed by atoms with Gasteiger partial charge in [0.05, 0.1) is 59.4 Å². The number of anilines is 1. The fourth-order valence-corrected chi connectivity index (χ4v) is 5.35. The average Bonchev–Trinajstić information content (AvgIpc) is 3.32. The molecule has 0 radical (unpaired) electrons. The van der Waals surface area contributed by atoms with Gasteiger partial charge in [-0.1, -0.05) is 0 Å². The van der Waals surface area contributed by atoms with Gasteiger partial charge >= 0.3 is 0 Å². The number of nitrogens with zero attached hydrogens (tertiary/aromatic N) is 2. The van der Waals surface area contributed by atoms with E-state index in [-0.39, 0.29) is 12.0 Å². The normalized spacial score (nSPS) is 17.6. The van der Waals surface area contributed by atoms with Gasteiger partial charge in [-0.2, -0.15) is 4.74 Å². The number of hydrogen-bond donors (Lipinski definition) is 1. The number of hydroxylamine groups is 1. The summed E-state index contributed by atoms with van der Waals surface area (Å²) in [6.45, 7) is 1.60. The van der Waals surface area contributed by atoms with Crippen LogP contribution in [0.25, 0.3) is 0 Å². The minimum absolute atomic E-state index is 0.0428. The van der Waals surface area contributed by atoms with Crippen molar-refractivity contribution < 1.29 is 37.9 Å². The molecule has 2 heterocycles. The molecule has 1 aliphatic carbocycles. The second-order valence-corrected chi connectivity index (χ2v) is 9.96. The van der Waals surface area contributed by atoms with E-state index >= 15 is 0 Å². The lowest BCUT2D eigenvalue weighted by Crippen LogP contribution is -2.34. The number of fused-ring (bicyclic) bond motifs is 2. The SMILES string of the molecule is COc1cc(Oc2cc(OCCCOC3CCC=C4[C@@H]3Cn3ccc(OC)c3C=[N+]4[O-])ccc2N)cc(OC)c1OC. The van der Waals surface area contributed by atoms with Gasteiger partial charge < -0.3 is 48.7 Å². The molecule has 2 aliphatic rings. The van der Waals surface area contributed by atoms with Crippen molar-refractivity contribution in [3.63, 3.8) is 0 Å². The molecule has 1 aromatic heterocycles. The Labute approximate surface area is 245 Å². The Morgan fingerprint density at radius 2 is 1.64 bits per heavy atom. The van der Waals surface area contributed by atoms with Crippen molar-refractivity contribution in [3.05, 3.63) is 65.3 Å². The van der Waals surface area contributed by atoms with E-state index in [1.807, 2.05) is 18.3 Å². The van der Waals surface area contributed by atoms with Crippen LogP contribution in [0, 0.1) is 11.1 Å². The van der Waals surface area contributed by atoms with Gasteiger partial charge in [-0.25, -0.2) is 0 Å². The monoisotopic (exact) mass is 579 g/mol. The summed E-state index contributed by atoms with van der Waals surface area (Å²) in [6.07, 6.45) is 7.83. The summed E-state index contributed by atoms with van der Waals surface area (Å²) < 4.78 is 43.0. The molecule has 1 aliphatic heterocycles. The van der Waals surface area contributed by atoms with Gasteiger partial charge in [-0.3, -0.25) is 0 Å². The lowest BCUT2D eigenvalue weighted by molar-refractivity contribution is -0.409. The molecule has 2 atom stereocenters. The van der Waals surface area contributed by atoms with Crippen molar-refractivity contribution in [3.8, 4) is 40.2 Å². The van der Waals surface area contributed by atoms with Gasteiger partial charge in [-0.15, -0.1) is 0 Å². The fourth-order valence-electron chi connectivity index (χ4n) is 5.35. The van der Waals surface area contributed by atoms with Crippen LogP contribution in [0.1, 0.15) is 25.0 Å². The number of hydrogen-bond acceptors (Lipinski definition) is 9. The molecule has 0 saturated carbocycles. The molecule has 0 amide bonds. The maximum atomic E-state index is 12.9. The molecule has 0 fully saturated rings. The lowest BCUT2D eigenvalue weighted by Gasteiger charge is -2.29. The Morgan fingerprint density at radius 1 is 0.905 bits per heavy atom. The topological polar surface area (TPSA) is 122 Å². The Bertz CT molecular complexity index is 1440. The lowest BCUT2D eigenvalue weighted by atomic mass is 9.89. The summed E-state index contributed by atoms with van der Waals surface area (Å²) >= 11 is 0. The van der Waals surface area contributed by atoms with E-state index in [0.717, 1.165) is 29.0 Å². The molecule has 11 nitrogen and oxygen atoms in total. The standard InChI is InChI=1S/C31H37N3O8/c1-36-27-11-12-33-18-22-24(34(35)19-25(27)33)7-5-8-26(22)41-14-6-13-40-20-9-10-23(32)28(15-20)42-21-16-29(37-2)31(39-4)30(17-21)38-3/h7,9-12,15-17,19,22,26H,5-6,8,13-14,18,32H2,1-4H3/t22-,26?/m0/s1. The summed E-state index contributed by atoms with van der Waals surface area (Å²) in [6, 6.07) is 10.5. The molecule has 2 N–H and O–H groups in total. The third kappa shape index (κ3) is 6.06. The highest BCUT2D eigenvalue weighted by Gasteiger charge is 2.37. The second-order valence-electron chi connectivity index (χ2n) is 9.96. The van der Waals surface area contributed by atoms with Crippen molar-refractivity contribution in [2.24, 2.45) is 5.92 Å².